The molecule has 1 aliphatic carbocycles. The SMILES string of the molecule is COc1ccc(C(Cc2c(Cl)c[n+](O)cc2Cl)c2cc(CNC(C(=O)O[C@H]3CN4CCC3CC4)c3ccccc3)sc2C(=O)O)cc1OCC1CC1. The van der Waals surface area contributed by atoms with Gasteiger partial charge in [0.05, 0.1) is 13.7 Å². The second-order valence-corrected chi connectivity index (χ2v) is 15.8. The highest BCUT2D eigenvalue weighted by Crippen LogP contribution is 2.42. The predicted molar refractivity (Wildman–Crippen MR) is 197 cm³/mol. The van der Waals surface area contributed by atoms with Crippen LogP contribution < -0.4 is 19.5 Å². The van der Waals surface area contributed by atoms with Crippen molar-refractivity contribution in [2.75, 3.05) is 33.4 Å². The highest BCUT2D eigenvalue weighted by Gasteiger charge is 2.38. The minimum absolute atomic E-state index is 0.143. The van der Waals surface area contributed by atoms with E-state index in [9.17, 15) is 19.9 Å². The minimum atomic E-state index is -1.07. The molecule has 0 spiro atoms. The van der Waals surface area contributed by atoms with E-state index in [-0.39, 0.29) is 40.0 Å². The van der Waals surface area contributed by atoms with Crippen molar-refractivity contribution in [1.29, 1.82) is 0 Å². The topological polar surface area (TPSA) is 121 Å². The van der Waals surface area contributed by atoms with Crippen LogP contribution in [0.3, 0.4) is 0 Å². The molecule has 13 heteroatoms. The first-order valence-electron chi connectivity index (χ1n) is 17.6. The summed E-state index contributed by atoms with van der Waals surface area (Å²) in [6.45, 7) is 3.63. The average Bonchev–Trinajstić information content (AvgIpc) is 3.88. The Hall–Kier alpha value is -3.87. The Bertz CT molecular complexity index is 1890. The number of carbonyl (C=O) groups is 2. The number of methoxy groups -OCH3 is 1. The number of thiophene rings is 1. The zero-order valence-corrected chi connectivity index (χ0v) is 31.1. The summed E-state index contributed by atoms with van der Waals surface area (Å²) < 4.78 is 18.8. The maximum absolute atomic E-state index is 13.8. The lowest BCUT2D eigenvalue weighted by atomic mass is 9.85. The van der Waals surface area contributed by atoms with Crippen LogP contribution in [0, 0.1) is 11.8 Å². The lowest BCUT2D eigenvalue weighted by Crippen LogP contribution is -2.52. The zero-order chi connectivity index (χ0) is 36.4. The van der Waals surface area contributed by atoms with Crippen LogP contribution in [0.25, 0.3) is 0 Å². The molecule has 0 amide bonds. The van der Waals surface area contributed by atoms with Crippen molar-refractivity contribution in [3.63, 3.8) is 0 Å². The van der Waals surface area contributed by atoms with Gasteiger partial charge in [0, 0.05) is 34.2 Å². The summed E-state index contributed by atoms with van der Waals surface area (Å²) in [6.07, 6.45) is 7.08. The van der Waals surface area contributed by atoms with Gasteiger partial charge < -0.3 is 19.3 Å². The molecule has 2 unspecified atom stereocenters. The van der Waals surface area contributed by atoms with Gasteiger partial charge in [-0.25, -0.2) is 9.59 Å². The average molecular weight is 768 g/mol. The number of fused-ring (bicyclic) bond motifs is 3. The number of esters is 1. The van der Waals surface area contributed by atoms with Crippen LogP contribution in [-0.2, 0) is 22.5 Å². The third kappa shape index (κ3) is 8.34. The van der Waals surface area contributed by atoms with Gasteiger partial charge in [0.2, 0.25) is 12.4 Å². The number of nitrogens with zero attached hydrogens (tertiary/aromatic N) is 2. The number of carbonyl (C=O) groups excluding carboxylic acids is 1. The lowest BCUT2D eigenvalue weighted by molar-refractivity contribution is -0.904. The van der Waals surface area contributed by atoms with Crippen LogP contribution in [0.1, 0.15) is 74.4 Å². The molecule has 2 aromatic heterocycles. The van der Waals surface area contributed by atoms with Crippen LogP contribution in [0.5, 0.6) is 11.5 Å². The Morgan fingerprint density at radius 1 is 1.00 bits per heavy atom. The molecule has 3 aliphatic heterocycles. The summed E-state index contributed by atoms with van der Waals surface area (Å²) in [7, 11) is 1.58. The molecule has 2 bridgehead atoms. The molecule has 5 heterocycles. The van der Waals surface area contributed by atoms with Gasteiger partial charge in [0.1, 0.15) is 27.1 Å². The van der Waals surface area contributed by atoms with Crippen molar-refractivity contribution < 1.29 is 38.8 Å². The standard InChI is InChI=1S/C39H41Cl2N3O7S/c1-49-33-10-9-26(15-34(33)50-22-23-7-8-23)28(17-30-31(40)19-44(48)20-32(30)41)29-16-27(52-37(29)38(45)46)18-42-36(25-5-3-2-4-6-25)39(47)51-35-21-43-13-11-24(35)12-14-43/h2-6,9-10,15-16,19-20,23-24,28,35-36,42H,7-8,11-14,17-18,21-22H2,1H3,(H-,45,46,48)/p+1/t28?,35-,36?/m0/s1. The number of benzene rings is 2. The highest BCUT2D eigenvalue weighted by atomic mass is 35.5. The molecule has 4 aromatic rings. The van der Waals surface area contributed by atoms with E-state index in [2.05, 4.69) is 10.2 Å². The van der Waals surface area contributed by atoms with Gasteiger partial charge in [-0.2, -0.15) is 0 Å². The Balaban J connectivity index is 1.20. The highest BCUT2D eigenvalue weighted by molar-refractivity contribution is 7.14. The van der Waals surface area contributed by atoms with Crippen molar-refractivity contribution in [2.24, 2.45) is 11.8 Å². The summed E-state index contributed by atoms with van der Waals surface area (Å²) in [5.74, 6) is 0.0738. The molecule has 8 rings (SSSR count). The summed E-state index contributed by atoms with van der Waals surface area (Å²) in [5, 5.41) is 24.5. The Morgan fingerprint density at radius 2 is 1.73 bits per heavy atom. The van der Waals surface area contributed by atoms with Gasteiger partial charge in [-0.15, -0.1) is 11.3 Å². The molecular weight excluding hydrogens is 725 g/mol. The van der Waals surface area contributed by atoms with E-state index in [0.717, 1.165) is 77.4 Å². The lowest BCUT2D eigenvalue weighted by Gasteiger charge is -2.44. The second-order valence-electron chi connectivity index (χ2n) is 13.9. The second kappa shape index (κ2) is 16.0. The molecule has 2 aromatic carbocycles. The first kappa shape index (κ1) is 36.5. The fourth-order valence-electron chi connectivity index (χ4n) is 7.28. The Kier molecular flexibility index (Phi) is 11.2. The summed E-state index contributed by atoms with van der Waals surface area (Å²) in [6, 6.07) is 16.2. The molecule has 10 nitrogen and oxygen atoms in total. The molecule has 3 saturated heterocycles. The fraction of sp³-hybridized carbons (Fsp3) is 0.410. The van der Waals surface area contributed by atoms with Crippen molar-refractivity contribution in [3.05, 3.63) is 109 Å². The van der Waals surface area contributed by atoms with Crippen molar-refractivity contribution in [2.45, 2.75) is 56.7 Å². The number of piperidine rings is 3. The number of pyridine rings is 1. The van der Waals surface area contributed by atoms with Gasteiger partial charge >= 0.3 is 11.9 Å². The first-order chi connectivity index (χ1) is 25.2. The summed E-state index contributed by atoms with van der Waals surface area (Å²) in [4.78, 5) is 29.9. The van der Waals surface area contributed by atoms with Crippen LogP contribution in [0.2, 0.25) is 10.0 Å². The number of carboxylic acids is 1. The normalized spacial score (nSPS) is 20.6. The molecule has 4 fully saturated rings. The number of halogens is 2. The van der Waals surface area contributed by atoms with Crippen LogP contribution >= 0.6 is 34.5 Å². The van der Waals surface area contributed by atoms with Crippen LogP contribution in [0.15, 0.2) is 67.0 Å². The molecule has 52 heavy (non-hydrogen) atoms. The number of hydrogen-bond donors (Lipinski definition) is 3. The predicted octanol–water partition coefficient (Wildman–Crippen LogP) is 6.92. The maximum atomic E-state index is 13.8. The molecular formula is C39H42Cl2N3O7S+. The van der Waals surface area contributed by atoms with E-state index >= 15 is 0 Å². The molecule has 3 N–H and O–H groups in total. The smallest absolute Gasteiger partial charge is 0.346 e. The maximum Gasteiger partial charge on any atom is 0.346 e. The van der Waals surface area contributed by atoms with E-state index in [1.165, 1.54) is 12.4 Å². The van der Waals surface area contributed by atoms with Gasteiger partial charge in [0.15, 0.2) is 11.5 Å². The molecule has 1 saturated carbocycles. The minimum Gasteiger partial charge on any atom is -0.493 e. The van der Waals surface area contributed by atoms with Crippen molar-refractivity contribution in [3.8, 4) is 11.5 Å². The number of hydrogen-bond acceptors (Lipinski definition) is 9. The van der Waals surface area contributed by atoms with Crippen molar-refractivity contribution in [1.82, 2.24) is 10.2 Å². The van der Waals surface area contributed by atoms with E-state index < -0.39 is 17.9 Å². The molecule has 0 radical (unpaired) electrons. The Morgan fingerprint density at radius 3 is 2.37 bits per heavy atom. The summed E-state index contributed by atoms with van der Waals surface area (Å²) >= 11 is 14.4. The van der Waals surface area contributed by atoms with E-state index in [0.29, 0.717) is 41.1 Å². The van der Waals surface area contributed by atoms with Crippen LogP contribution in [-0.4, -0.2) is 66.6 Å². The number of rotatable bonds is 15. The zero-order valence-electron chi connectivity index (χ0n) is 28.8. The molecule has 274 valence electrons. The monoisotopic (exact) mass is 766 g/mol. The third-order valence-electron chi connectivity index (χ3n) is 10.3. The van der Waals surface area contributed by atoms with Crippen LogP contribution in [0.4, 0.5) is 0 Å². The number of aromatic nitrogens is 1. The number of aromatic carboxylic acids is 1. The summed E-state index contributed by atoms with van der Waals surface area (Å²) in [5.41, 5.74) is 2.67. The van der Waals surface area contributed by atoms with Gasteiger partial charge in [-0.1, -0.05) is 59.6 Å². The van der Waals surface area contributed by atoms with Gasteiger partial charge in [-0.05, 0) is 91.9 Å². The quantitative estimate of drug-likeness (QED) is 0.0673. The van der Waals surface area contributed by atoms with E-state index in [1.54, 1.807) is 7.11 Å². The fourth-order valence-corrected chi connectivity index (χ4v) is 8.90. The number of nitrogens with one attached hydrogen (secondary N) is 1. The van der Waals surface area contributed by atoms with E-state index in [1.807, 2.05) is 54.6 Å². The third-order valence-corrected chi connectivity index (χ3v) is 12.1. The molecule has 3 atom stereocenters. The largest absolute Gasteiger partial charge is 0.493 e. The van der Waals surface area contributed by atoms with Crippen molar-refractivity contribution >= 4 is 46.5 Å². The van der Waals surface area contributed by atoms with Gasteiger partial charge in [-0.3, -0.25) is 15.4 Å². The number of ether oxygens (including phenoxy) is 3. The Labute approximate surface area is 316 Å². The number of carboxylic acid groups (broad SMARTS) is 1. The van der Waals surface area contributed by atoms with E-state index in [4.69, 9.17) is 37.4 Å². The van der Waals surface area contributed by atoms with Gasteiger partial charge in [0.25, 0.3) is 0 Å². The molecule has 4 aliphatic rings. The first-order valence-corrected chi connectivity index (χ1v) is 19.2.